The molecule has 0 bridgehead atoms. The zero-order valence-electron chi connectivity index (χ0n) is 15.7. The molecule has 0 saturated carbocycles. The second-order valence-corrected chi connectivity index (χ2v) is 7.02. The molecule has 0 aliphatic rings. The summed E-state index contributed by atoms with van der Waals surface area (Å²) in [5.74, 6) is 0.606. The van der Waals surface area contributed by atoms with Crippen LogP contribution in [0.4, 0.5) is 10.1 Å². The third-order valence-electron chi connectivity index (χ3n) is 4.13. The minimum absolute atomic E-state index is 0.315. The van der Waals surface area contributed by atoms with E-state index in [1.165, 1.54) is 23.5 Å². The van der Waals surface area contributed by atoms with Crippen LogP contribution in [-0.2, 0) is 6.61 Å². The standard InChI is InChI=1S/C23H17FN2O3S/c24-17-6-4-8-20(12-17)29-22-10-2-1-9-21(22)26-23(27)16-5-3-7-19(11-16)28-13-18-14-30-15-25-18/h1-12,14-15H,13H2,(H,26,27). The Morgan fingerprint density at radius 3 is 2.67 bits per heavy atom. The second kappa shape index (κ2) is 9.19. The quantitative estimate of drug-likeness (QED) is 0.404. The molecule has 0 unspecified atom stereocenters. The molecule has 1 aromatic heterocycles. The molecule has 0 saturated heterocycles. The van der Waals surface area contributed by atoms with Crippen molar-refractivity contribution in [2.24, 2.45) is 0 Å². The number of carbonyl (C=O) groups excluding carboxylic acids is 1. The molecule has 1 amide bonds. The lowest BCUT2D eigenvalue weighted by atomic mass is 10.2. The van der Waals surface area contributed by atoms with Gasteiger partial charge in [-0.05, 0) is 42.5 Å². The van der Waals surface area contributed by atoms with Gasteiger partial charge in [0.1, 0.15) is 23.9 Å². The number of carbonyl (C=O) groups is 1. The lowest BCUT2D eigenvalue weighted by molar-refractivity contribution is 0.102. The van der Waals surface area contributed by atoms with Crippen molar-refractivity contribution in [1.82, 2.24) is 4.98 Å². The van der Waals surface area contributed by atoms with E-state index in [0.29, 0.717) is 35.1 Å². The average molecular weight is 420 g/mol. The van der Waals surface area contributed by atoms with Crippen molar-refractivity contribution in [2.75, 3.05) is 5.32 Å². The van der Waals surface area contributed by atoms with Crippen LogP contribution in [-0.4, -0.2) is 10.9 Å². The molecule has 30 heavy (non-hydrogen) atoms. The van der Waals surface area contributed by atoms with Gasteiger partial charge in [-0.15, -0.1) is 11.3 Å². The highest BCUT2D eigenvalue weighted by molar-refractivity contribution is 7.07. The highest BCUT2D eigenvalue weighted by atomic mass is 32.1. The summed E-state index contributed by atoms with van der Waals surface area (Å²) in [6.45, 7) is 0.332. The highest BCUT2D eigenvalue weighted by Crippen LogP contribution is 2.30. The first kappa shape index (κ1) is 19.6. The van der Waals surface area contributed by atoms with E-state index in [0.717, 1.165) is 5.69 Å². The normalized spacial score (nSPS) is 10.4. The smallest absolute Gasteiger partial charge is 0.255 e. The summed E-state index contributed by atoms with van der Waals surface area (Å²) in [5.41, 5.74) is 3.48. The maximum atomic E-state index is 13.4. The lowest BCUT2D eigenvalue weighted by Crippen LogP contribution is -2.12. The molecule has 0 atom stereocenters. The van der Waals surface area contributed by atoms with E-state index in [-0.39, 0.29) is 5.91 Å². The fraction of sp³-hybridized carbons (Fsp3) is 0.0435. The van der Waals surface area contributed by atoms with Gasteiger partial charge in [-0.2, -0.15) is 0 Å². The molecule has 0 spiro atoms. The molecule has 7 heteroatoms. The Morgan fingerprint density at radius 1 is 1.00 bits per heavy atom. The van der Waals surface area contributed by atoms with Crippen molar-refractivity contribution in [1.29, 1.82) is 0 Å². The van der Waals surface area contributed by atoms with Gasteiger partial charge in [0.05, 0.1) is 16.9 Å². The van der Waals surface area contributed by atoms with E-state index in [1.807, 2.05) is 5.38 Å². The van der Waals surface area contributed by atoms with Crippen molar-refractivity contribution < 1.29 is 18.7 Å². The van der Waals surface area contributed by atoms with Gasteiger partial charge in [0.25, 0.3) is 5.91 Å². The molecule has 4 aromatic rings. The first-order valence-electron chi connectivity index (χ1n) is 9.11. The zero-order valence-corrected chi connectivity index (χ0v) is 16.6. The third-order valence-corrected chi connectivity index (χ3v) is 4.76. The Bertz CT molecular complexity index is 1150. The van der Waals surface area contributed by atoms with Crippen molar-refractivity contribution in [3.8, 4) is 17.2 Å². The number of para-hydroxylation sites is 2. The Hall–Kier alpha value is -3.71. The van der Waals surface area contributed by atoms with Crippen molar-refractivity contribution in [3.63, 3.8) is 0 Å². The predicted molar refractivity (Wildman–Crippen MR) is 114 cm³/mol. The van der Waals surface area contributed by atoms with Gasteiger partial charge in [0.15, 0.2) is 5.75 Å². The number of hydrogen-bond donors (Lipinski definition) is 1. The largest absolute Gasteiger partial charge is 0.487 e. The zero-order chi connectivity index (χ0) is 20.8. The van der Waals surface area contributed by atoms with Crippen LogP contribution in [0.15, 0.2) is 83.7 Å². The molecule has 0 aliphatic heterocycles. The maximum absolute atomic E-state index is 13.4. The van der Waals surface area contributed by atoms with Gasteiger partial charge >= 0.3 is 0 Å². The summed E-state index contributed by atoms with van der Waals surface area (Å²) in [4.78, 5) is 16.9. The Balaban J connectivity index is 1.47. The molecule has 0 fully saturated rings. The topological polar surface area (TPSA) is 60.5 Å². The maximum Gasteiger partial charge on any atom is 0.255 e. The third kappa shape index (κ3) is 5.01. The van der Waals surface area contributed by atoms with E-state index in [2.05, 4.69) is 10.3 Å². The van der Waals surface area contributed by atoms with E-state index in [9.17, 15) is 9.18 Å². The monoisotopic (exact) mass is 420 g/mol. The molecule has 0 radical (unpaired) electrons. The Kier molecular flexibility index (Phi) is 6.01. The number of nitrogens with one attached hydrogen (secondary N) is 1. The highest BCUT2D eigenvalue weighted by Gasteiger charge is 2.12. The predicted octanol–water partition coefficient (Wildman–Crippen LogP) is 5.91. The average Bonchev–Trinajstić information content (AvgIpc) is 3.28. The van der Waals surface area contributed by atoms with Gasteiger partial charge in [0.2, 0.25) is 0 Å². The molecule has 3 aromatic carbocycles. The van der Waals surface area contributed by atoms with Crippen molar-refractivity contribution in [2.45, 2.75) is 6.61 Å². The van der Waals surface area contributed by atoms with Crippen molar-refractivity contribution in [3.05, 3.63) is 101 Å². The van der Waals surface area contributed by atoms with Gasteiger partial charge in [-0.1, -0.05) is 24.3 Å². The molecule has 5 nitrogen and oxygen atoms in total. The summed E-state index contributed by atoms with van der Waals surface area (Å²) in [7, 11) is 0. The van der Waals surface area contributed by atoms with Crippen LogP contribution in [0.1, 0.15) is 16.1 Å². The first-order chi connectivity index (χ1) is 14.7. The van der Waals surface area contributed by atoms with E-state index < -0.39 is 5.82 Å². The summed E-state index contributed by atoms with van der Waals surface area (Å²) >= 11 is 1.50. The number of nitrogens with zero attached hydrogens (tertiary/aromatic N) is 1. The van der Waals surface area contributed by atoms with Gasteiger partial charge in [-0.25, -0.2) is 9.37 Å². The fourth-order valence-corrected chi connectivity index (χ4v) is 3.25. The van der Waals surface area contributed by atoms with Crippen molar-refractivity contribution >= 4 is 22.9 Å². The number of thiazole rings is 1. The van der Waals surface area contributed by atoms with E-state index >= 15 is 0 Å². The summed E-state index contributed by atoms with van der Waals surface area (Å²) < 4.78 is 24.9. The summed E-state index contributed by atoms with van der Waals surface area (Å²) in [5, 5.41) is 4.74. The molecule has 150 valence electrons. The molecule has 0 aliphatic carbocycles. The number of hydrogen-bond acceptors (Lipinski definition) is 5. The lowest BCUT2D eigenvalue weighted by Gasteiger charge is -2.13. The number of aromatic nitrogens is 1. The van der Waals surface area contributed by atoms with E-state index in [4.69, 9.17) is 9.47 Å². The number of amides is 1. The molecular weight excluding hydrogens is 403 g/mol. The van der Waals surface area contributed by atoms with Crippen LogP contribution in [0.3, 0.4) is 0 Å². The fourth-order valence-electron chi connectivity index (χ4n) is 2.70. The summed E-state index contributed by atoms with van der Waals surface area (Å²) in [6, 6.07) is 19.7. The molecule has 1 heterocycles. The minimum Gasteiger partial charge on any atom is -0.487 e. The first-order valence-corrected chi connectivity index (χ1v) is 10.1. The SMILES string of the molecule is O=C(Nc1ccccc1Oc1cccc(F)c1)c1cccc(OCc2cscn2)c1. The van der Waals surface area contributed by atoms with Gasteiger partial charge in [-0.3, -0.25) is 4.79 Å². The number of rotatable bonds is 7. The number of anilines is 1. The summed E-state index contributed by atoms with van der Waals surface area (Å²) in [6.07, 6.45) is 0. The Morgan fingerprint density at radius 2 is 1.83 bits per heavy atom. The molecule has 4 rings (SSSR count). The van der Waals surface area contributed by atoms with Crippen LogP contribution in [0.25, 0.3) is 0 Å². The van der Waals surface area contributed by atoms with Gasteiger partial charge < -0.3 is 14.8 Å². The number of ether oxygens (including phenoxy) is 2. The minimum atomic E-state index is -0.400. The van der Waals surface area contributed by atoms with Crippen LogP contribution in [0.2, 0.25) is 0 Å². The molecular formula is C23H17FN2O3S. The number of benzene rings is 3. The van der Waals surface area contributed by atoms with Crippen LogP contribution in [0.5, 0.6) is 17.2 Å². The number of halogens is 1. The molecule has 1 N–H and O–H groups in total. The van der Waals surface area contributed by atoms with Gasteiger partial charge in [0, 0.05) is 17.0 Å². The van der Waals surface area contributed by atoms with Crippen LogP contribution in [0, 0.1) is 5.82 Å². The Labute approximate surface area is 176 Å². The van der Waals surface area contributed by atoms with Crippen LogP contribution >= 0.6 is 11.3 Å². The van der Waals surface area contributed by atoms with E-state index in [1.54, 1.807) is 66.2 Å². The van der Waals surface area contributed by atoms with Crippen LogP contribution < -0.4 is 14.8 Å². The second-order valence-electron chi connectivity index (χ2n) is 6.31.